The zero-order chi connectivity index (χ0) is 27.5. The molecular weight excluding hydrogens is 507 g/mol. The quantitative estimate of drug-likeness (QED) is 0.279. The number of fused-ring (bicyclic) bond motifs is 1. The van der Waals surface area contributed by atoms with Crippen LogP contribution >= 0.6 is 0 Å². The van der Waals surface area contributed by atoms with Crippen molar-refractivity contribution in [3.63, 3.8) is 0 Å². The molecule has 0 unspecified atom stereocenters. The summed E-state index contributed by atoms with van der Waals surface area (Å²) in [5, 5.41) is 28.2. The van der Waals surface area contributed by atoms with Crippen LogP contribution in [0.3, 0.4) is 0 Å². The number of hydrazone groups is 1. The summed E-state index contributed by atoms with van der Waals surface area (Å²) >= 11 is 0. The standard InChI is InChI=1S/C28H23FN4O6/c29-24-6-1-2-7-25(24)39-17-26(34)31-28(19-10-14-22(15-11-19)33(37)38)23-5-3-4-20(27(23)30-31)16-18-8-12-21(13-9-18)32(35)36/h1-2,6-16,23,28H,3-5,17H2/b20-16-/t23-,28+/m0/s1. The summed E-state index contributed by atoms with van der Waals surface area (Å²) < 4.78 is 19.5. The first-order chi connectivity index (χ1) is 18.8. The molecule has 1 saturated carbocycles. The third-order valence-corrected chi connectivity index (χ3v) is 6.84. The average molecular weight is 531 g/mol. The summed E-state index contributed by atoms with van der Waals surface area (Å²) in [4.78, 5) is 34.6. The number of non-ortho nitro benzene ring substituents is 2. The topological polar surface area (TPSA) is 128 Å². The second-order valence-electron chi connectivity index (χ2n) is 9.25. The Morgan fingerprint density at radius 1 is 1.00 bits per heavy atom. The average Bonchev–Trinajstić information content (AvgIpc) is 3.33. The summed E-state index contributed by atoms with van der Waals surface area (Å²) in [5.41, 5.74) is 2.97. The van der Waals surface area contributed by atoms with Crippen LogP contribution in [-0.2, 0) is 4.79 Å². The number of nitro groups is 2. The zero-order valence-corrected chi connectivity index (χ0v) is 20.6. The highest BCUT2D eigenvalue weighted by Gasteiger charge is 2.44. The Balaban J connectivity index is 1.47. The number of benzene rings is 3. The van der Waals surface area contributed by atoms with Crippen molar-refractivity contribution in [3.05, 3.63) is 116 Å². The van der Waals surface area contributed by atoms with Crippen molar-refractivity contribution >= 4 is 29.1 Å². The number of carbonyl (C=O) groups is 1. The van der Waals surface area contributed by atoms with E-state index in [0.29, 0.717) is 17.7 Å². The predicted octanol–water partition coefficient (Wildman–Crippen LogP) is 5.84. The molecule has 1 aliphatic carbocycles. The number of amides is 1. The number of hydrogen-bond donors (Lipinski definition) is 0. The molecule has 10 nitrogen and oxygen atoms in total. The van der Waals surface area contributed by atoms with Crippen molar-refractivity contribution in [1.82, 2.24) is 5.01 Å². The molecule has 1 aliphatic heterocycles. The van der Waals surface area contributed by atoms with Gasteiger partial charge in [0.2, 0.25) is 0 Å². The van der Waals surface area contributed by atoms with E-state index < -0.39 is 34.2 Å². The van der Waals surface area contributed by atoms with Crippen molar-refractivity contribution in [2.24, 2.45) is 11.0 Å². The molecule has 39 heavy (non-hydrogen) atoms. The van der Waals surface area contributed by atoms with E-state index in [0.717, 1.165) is 24.0 Å². The second-order valence-corrected chi connectivity index (χ2v) is 9.25. The van der Waals surface area contributed by atoms with E-state index in [2.05, 4.69) is 0 Å². The van der Waals surface area contributed by atoms with Crippen LogP contribution in [0.2, 0.25) is 0 Å². The van der Waals surface area contributed by atoms with Crippen LogP contribution in [0, 0.1) is 32.0 Å². The first kappa shape index (κ1) is 25.7. The Labute approximate surface area is 222 Å². The van der Waals surface area contributed by atoms with Crippen molar-refractivity contribution < 1.29 is 23.8 Å². The molecular formula is C28H23FN4O6. The summed E-state index contributed by atoms with van der Waals surface area (Å²) in [7, 11) is 0. The van der Waals surface area contributed by atoms with Crippen LogP contribution in [0.1, 0.15) is 36.4 Å². The molecule has 3 aromatic carbocycles. The molecule has 2 atom stereocenters. The number of para-hydroxylation sites is 1. The maximum atomic E-state index is 14.1. The Morgan fingerprint density at radius 3 is 2.28 bits per heavy atom. The molecule has 5 rings (SSSR count). The predicted molar refractivity (Wildman–Crippen MR) is 140 cm³/mol. The number of halogens is 1. The van der Waals surface area contributed by atoms with Gasteiger partial charge in [0.1, 0.15) is 0 Å². The van der Waals surface area contributed by atoms with Crippen molar-refractivity contribution in [2.45, 2.75) is 25.3 Å². The van der Waals surface area contributed by atoms with Gasteiger partial charge >= 0.3 is 0 Å². The fraction of sp³-hybridized carbons (Fsp3) is 0.214. The molecule has 0 N–H and O–H groups in total. The van der Waals surface area contributed by atoms with Gasteiger partial charge in [-0.05, 0) is 66.3 Å². The maximum Gasteiger partial charge on any atom is 0.281 e. The van der Waals surface area contributed by atoms with Gasteiger partial charge in [-0.2, -0.15) is 5.10 Å². The summed E-state index contributed by atoms with van der Waals surface area (Å²) in [6.07, 6.45) is 4.16. The van der Waals surface area contributed by atoms with Crippen LogP contribution in [-0.4, -0.2) is 33.1 Å². The van der Waals surface area contributed by atoms with Gasteiger partial charge in [0, 0.05) is 30.2 Å². The second kappa shape index (κ2) is 10.8. The largest absolute Gasteiger partial charge is 0.481 e. The highest BCUT2D eigenvalue weighted by Crippen LogP contribution is 2.44. The van der Waals surface area contributed by atoms with Crippen molar-refractivity contribution in [3.8, 4) is 5.75 Å². The van der Waals surface area contributed by atoms with E-state index in [4.69, 9.17) is 9.84 Å². The molecule has 0 radical (unpaired) electrons. The monoisotopic (exact) mass is 530 g/mol. The summed E-state index contributed by atoms with van der Waals surface area (Å²) in [6, 6.07) is 17.4. The van der Waals surface area contributed by atoms with Crippen LogP contribution in [0.25, 0.3) is 6.08 Å². The molecule has 0 bridgehead atoms. The van der Waals surface area contributed by atoms with E-state index in [1.807, 2.05) is 6.08 Å². The number of carbonyl (C=O) groups excluding carboxylic acids is 1. The molecule has 1 heterocycles. The van der Waals surface area contributed by atoms with Gasteiger partial charge in [0.25, 0.3) is 17.3 Å². The van der Waals surface area contributed by atoms with E-state index in [1.54, 1.807) is 30.3 Å². The lowest BCUT2D eigenvalue weighted by Gasteiger charge is -2.29. The lowest BCUT2D eigenvalue weighted by atomic mass is 9.77. The van der Waals surface area contributed by atoms with Crippen molar-refractivity contribution in [1.29, 1.82) is 0 Å². The van der Waals surface area contributed by atoms with E-state index in [-0.39, 0.29) is 23.0 Å². The fourth-order valence-electron chi connectivity index (χ4n) is 4.99. The number of hydrogen-bond acceptors (Lipinski definition) is 7. The molecule has 198 valence electrons. The molecule has 0 saturated heterocycles. The molecule has 3 aromatic rings. The summed E-state index contributed by atoms with van der Waals surface area (Å²) in [5.74, 6) is -1.31. The minimum atomic E-state index is -0.591. The lowest BCUT2D eigenvalue weighted by Crippen LogP contribution is -2.34. The molecule has 1 fully saturated rings. The number of nitro benzene ring substituents is 2. The zero-order valence-electron chi connectivity index (χ0n) is 20.6. The lowest BCUT2D eigenvalue weighted by molar-refractivity contribution is -0.385. The smallest absolute Gasteiger partial charge is 0.281 e. The minimum Gasteiger partial charge on any atom is -0.481 e. The van der Waals surface area contributed by atoms with Crippen LogP contribution < -0.4 is 4.74 Å². The van der Waals surface area contributed by atoms with Gasteiger partial charge in [0.05, 0.1) is 21.6 Å². The Morgan fingerprint density at radius 2 is 1.64 bits per heavy atom. The molecule has 11 heteroatoms. The molecule has 0 aromatic heterocycles. The molecule has 1 amide bonds. The normalized spacial score (nSPS) is 19.4. The number of nitrogens with zero attached hydrogens (tertiary/aromatic N) is 4. The number of ether oxygens (including phenoxy) is 1. The minimum absolute atomic E-state index is 0.0123. The van der Waals surface area contributed by atoms with Gasteiger partial charge < -0.3 is 4.74 Å². The Kier molecular flexibility index (Phi) is 7.13. The Hall–Kier alpha value is -4.93. The van der Waals surface area contributed by atoms with Gasteiger partial charge in [-0.1, -0.05) is 24.3 Å². The highest BCUT2D eigenvalue weighted by atomic mass is 19.1. The maximum absolute atomic E-state index is 14.1. The Bertz CT molecular complexity index is 1490. The third kappa shape index (κ3) is 5.37. The van der Waals surface area contributed by atoms with Crippen molar-refractivity contribution in [2.75, 3.05) is 6.61 Å². The van der Waals surface area contributed by atoms with Crippen LogP contribution in [0.15, 0.2) is 83.5 Å². The first-order valence-electron chi connectivity index (χ1n) is 12.3. The fourth-order valence-corrected chi connectivity index (χ4v) is 4.99. The van der Waals surface area contributed by atoms with E-state index in [1.165, 1.54) is 47.5 Å². The van der Waals surface area contributed by atoms with E-state index in [9.17, 15) is 29.4 Å². The van der Waals surface area contributed by atoms with Crippen LogP contribution in [0.5, 0.6) is 5.75 Å². The van der Waals surface area contributed by atoms with Crippen LogP contribution in [0.4, 0.5) is 15.8 Å². The molecule has 0 spiro atoms. The van der Waals surface area contributed by atoms with Gasteiger partial charge in [-0.25, -0.2) is 9.40 Å². The first-order valence-corrected chi connectivity index (χ1v) is 12.3. The van der Waals surface area contributed by atoms with Gasteiger partial charge in [-0.3, -0.25) is 25.0 Å². The highest BCUT2D eigenvalue weighted by molar-refractivity contribution is 6.08. The number of rotatable bonds is 7. The SMILES string of the molecule is O=C(COc1ccccc1F)N1N=C2/C(=C\c3ccc([N+](=O)[O-])cc3)CCC[C@@H]2[C@H]1c1ccc([N+](=O)[O-])cc1. The third-order valence-electron chi connectivity index (χ3n) is 6.84. The molecule has 2 aliphatic rings. The number of allylic oxidation sites excluding steroid dienone is 1. The summed E-state index contributed by atoms with van der Waals surface area (Å²) in [6.45, 7) is -0.449. The van der Waals surface area contributed by atoms with Gasteiger partial charge in [0.15, 0.2) is 18.2 Å². The van der Waals surface area contributed by atoms with Gasteiger partial charge in [-0.15, -0.1) is 0 Å². The van der Waals surface area contributed by atoms with E-state index >= 15 is 0 Å².